The lowest BCUT2D eigenvalue weighted by Gasteiger charge is -2.08. The van der Waals surface area contributed by atoms with Crippen molar-refractivity contribution in [3.8, 4) is 0 Å². The van der Waals surface area contributed by atoms with Crippen LogP contribution in [0.4, 0.5) is 5.69 Å². The highest BCUT2D eigenvalue weighted by molar-refractivity contribution is 7.99. The van der Waals surface area contributed by atoms with E-state index < -0.39 is 0 Å². The van der Waals surface area contributed by atoms with Crippen molar-refractivity contribution in [3.63, 3.8) is 0 Å². The third-order valence-electron chi connectivity index (χ3n) is 3.65. The SMILES string of the molecule is O=C(CNC(=O)c1ccccc1)Nc1ccc(Sc2ccccc2Cl)cc1. The van der Waals surface area contributed by atoms with Crippen LogP contribution in [0.25, 0.3) is 0 Å². The summed E-state index contributed by atoms with van der Waals surface area (Å²) in [6.07, 6.45) is 0. The third kappa shape index (κ3) is 5.61. The maximum absolute atomic E-state index is 12.0. The molecule has 0 saturated heterocycles. The first-order valence-corrected chi connectivity index (χ1v) is 9.47. The number of rotatable bonds is 6. The maximum Gasteiger partial charge on any atom is 0.251 e. The average molecular weight is 397 g/mol. The molecule has 0 unspecified atom stereocenters. The molecule has 0 spiro atoms. The predicted octanol–water partition coefficient (Wildman–Crippen LogP) is 4.86. The van der Waals surface area contributed by atoms with Gasteiger partial charge >= 0.3 is 0 Å². The highest BCUT2D eigenvalue weighted by Gasteiger charge is 2.08. The molecule has 3 aromatic rings. The van der Waals surface area contributed by atoms with Gasteiger partial charge in [0.1, 0.15) is 0 Å². The molecule has 0 fully saturated rings. The van der Waals surface area contributed by atoms with Crippen molar-refractivity contribution < 1.29 is 9.59 Å². The number of benzene rings is 3. The monoisotopic (exact) mass is 396 g/mol. The van der Waals surface area contributed by atoms with E-state index in [-0.39, 0.29) is 18.4 Å². The Labute approximate surface area is 166 Å². The zero-order chi connectivity index (χ0) is 19.1. The molecule has 4 nitrogen and oxygen atoms in total. The van der Waals surface area contributed by atoms with Crippen molar-refractivity contribution in [1.29, 1.82) is 0 Å². The van der Waals surface area contributed by atoms with Crippen LogP contribution in [-0.2, 0) is 4.79 Å². The van der Waals surface area contributed by atoms with Crippen molar-refractivity contribution in [1.82, 2.24) is 5.32 Å². The minimum absolute atomic E-state index is 0.0934. The van der Waals surface area contributed by atoms with E-state index in [1.165, 1.54) is 0 Å². The molecule has 0 saturated carbocycles. The fourth-order valence-corrected chi connectivity index (χ4v) is 3.41. The minimum Gasteiger partial charge on any atom is -0.343 e. The van der Waals surface area contributed by atoms with Crippen molar-refractivity contribution in [2.24, 2.45) is 0 Å². The largest absolute Gasteiger partial charge is 0.343 e. The topological polar surface area (TPSA) is 58.2 Å². The maximum atomic E-state index is 12.0. The van der Waals surface area contributed by atoms with Crippen LogP contribution in [0.5, 0.6) is 0 Å². The van der Waals surface area contributed by atoms with Crippen LogP contribution in [-0.4, -0.2) is 18.4 Å². The van der Waals surface area contributed by atoms with Gasteiger partial charge in [-0.1, -0.05) is 53.7 Å². The lowest BCUT2D eigenvalue weighted by molar-refractivity contribution is -0.115. The Bertz CT molecular complexity index is 930. The summed E-state index contributed by atoms with van der Waals surface area (Å²) in [4.78, 5) is 25.9. The van der Waals surface area contributed by atoms with Gasteiger partial charge < -0.3 is 10.6 Å². The first-order chi connectivity index (χ1) is 13.1. The Balaban J connectivity index is 1.51. The Hall–Kier alpha value is -2.76. The first-order valence-electron chi connectivity index (χ1n) is 8.27. The Morgan fingerprint density at radius 2 is 1.52 bits per heavy atom. The van der Waals surface area contributed by atoms with Gasteiger partial charge in [-0.15, -0.1) is 0 Å². The molecule has 0 aliphatic carbocycles. The number of carbonyl (C=O) groups is 2. The molecule has 2 amide bonds. The van der Waals surface area contributed by atoms with Gasteiger partial charge in [-0.2, -0.15) is 0 Å². The van der Waals surface area contributed by atoms with Gasteiger partial charge in [0.2, 0.25) is 5.91 Å². The van der Waals surface area contributed by atoms with Crippen molar-refractivity contribution in [2.45, 2.75) is 9.79 Å². The fraction of sp³-hybridized carbons (Fsp3) is 0.0476. The number of nitrogens with one attached hydrogen (secondary N) is 2. The lowest BCUT2D eigenvalue weighted by Crippen LogP contribution is -2.32. The molecule has 0 atom stereocenters. The van der Waals surface area contributed by atoms with Crippen molar-refractivity contribution >= 4 is 40.9 Å². The molecule has 0 aliphatic rings. The molecular weight excluding hydrogens is 380 g/mol. The van der Waals surface area contributed by atoms with Gasteiger partial charge in [-0.3, -0.25) is 9.59 Å². The van der Waals surface area contributed by atoms with Gasteiger partial charge in [-0.25, -0.2) is 0 Å². The molecule has 6 heteroatoms. The second-order valence-corrected chi connectivity index (χ2v) is 7.18. The molecule has 0 heterocycles. The third-order valence-corrected chi connectivity index (χ3v) is 5.17. The van der Waals surface area contributed by atoms with E-state index >= 15 is 0 Å². The molecule has 0 bridgehead atoms. The summed E-state index contributed by atoms with van der Waals surface area (Å²) in [5.41, 5.74) is 1.18. The number of hydrogen-bond donors (Lipinski definition) is 2. The highest BCUT2D eigenvalue weighted by atomic mass is 35.5. The van der Waals surface area contributed by atoms with E-state index in [0.717, 1.165) is 9.79 Å². The molecule has 2 N–H and O–H groups in total. The van der Waals surface area contributed by atoms with E-state index in [1.807, 2.05) is 54.6 Å². The quantitative estimate of drug-likeness (QED) is 0.625. The molecule has 136 valence electrons. The van der Waals surface area contributed by atoms with Gasteiger partial charge in [0.25, 0.3) is 5.91 Å². The van der Waals surface area contributed by atoms with Gasteiger partial charge in [0, 0.05) is 21.0 Å². The van der Waals surface area contributed by atoms with Crippen LogP contribution in [0.2, 0.25) is 5.02 Å². The van der Waals surface area contributed by atoms with Crippen molar-refractivity contribution in [3.05, 3.63) is 89.4 Å². The molecule has 3 rings (SSSR count). The van der Waals surface area contributed by atoms with E-state index in [0.29, 0.717) is 16.3 Å². The van der Waals surface area contributed by atoms with Gasteiger partial charge in [0.05, 0.1) is 11.6 Å². The first kappa shape index (κ1) is 19.0. The second-order valence-electron chi connectivity index (χ2n) is 5.65. The summed E-state index contributed by atoms with van der Waals surface area (Å²) < 4.78 is 0. The Morgan fingerprint density at radius 1 is 0.852 bits per heavy atom. The number of carbonyl (C=O) groups excluding carboxylic acids is 2. The standard InChI is InChI=1S/C21H17ClN2O2S/c22-18-8-4-5-9-19(18)27-17-12-10-16(11-13-17)24-20(25)14-23-21(26)15-6-2-1-3-7-15/h1-13H,14H2,(H,23,26)(H,24,25). The zero-order valence-electron chi connectivity index (χ0n) is 14.3. The number of amides is 2. The Kier molecular flexibility index (Phi) is 6.52. The number of anilines is 1. The molecule has 3 aromatic carbocycles. The zero-order valence-corrected chi connectivity index (χ0v) is 15.9. The predicted molar refractivity (Wildman–Crippen MR) is 109 cm³/mol. The average Bonchev–Trinajstić information content (AvgIpc) is 2.70. The van der Waals surface area contributed by atoms with Crippen LogP contribution < -0.4 is 10.6 Å². The molecule has 0 aromatic heterocycles. The lowest BCUT2D eigenvalue weighted by atomic mass is 10.2. The van der Waals surface area contributed by atoms with Crippen LogP contribution >= 0.6 is 23.4 Å². The smallest absolute Gasteiger partial charge is 0.251 e. The Morgan fingerprint density at radius 3 is 2.22 bits per heavy atom. The molecular formula is C21H17ClN2O2S. The van der Waals surface area contributed by atoms with E-state index in [9.17, 15) is 9.59 Å². The van der Waals surface area contributed by atoms with E-state index in [2.05, 4.69) is 10.6 Å². The molecule has 0 aliphatic heterocycles. The number of hydrogen-bond acceptors (Lipinski definition) is 3. The van der Waals surface area contributed by atoms with E-state index in [4.69, 9.17) is 11.6 Å². The molecule has 27 heavy (non-hydrogen) atoms. The summed E-state index contributed by atoms with van der Waals surface area (Å²) in [5, 5.41) is 6.06. The van der Waals surface area contributed by atoms with Crippen LogP contribution in [0.1, 0.15) is 10.4 Å². The summed E-state index contributed by atoms with van der Waals surface area (Å²) in [5.74, 6) is -0.567. The highest BCUT2D eigenvalue weighted by Crippen LogP contribution is 2.33. The van der Waals surface area contributed by atoms with Crippen LogP contribution in [0.3, 0.4) is 0 Å². The van der Waals surface area contributed by atoms with Crippen molar-refractivity contribution in [2.75, 3.05) is 11.9 Å². The molecule has 0 radical (unpaired) electrons. The summed E-state index contributed by atoms with van der Waals surface area (Å²) in [6.45, 7) is -0.0934. The van der Waals surface area contributed by atoms with Gasteiger partial charge in [0.15, 0.2) is 0 Å². The number of halogens is 1. The van der Waals surface area contributed by atoms with Crippen LogP contribution in [0, 0.1) is 0 Å². The summed E-state index contributed by atoms with van der Waals surface area (Å²) >= 11 is 7.72. The van der Waals surface area contributed by atoms with Gasteiger partial charge in [-0.05, 0) is 48.5 Å². The second kappa shape index (κ2) is 9.26. The van der Waals surface area contributed by atoms with E-state index in [1.54, 1.807) is 36.0 Å². The minimum atomic E-state index is -0.286. The summed E-state index contributed by atoms with van der Waals surface area (Å²) in [7, 11) is 0. The fourth-order valence-electron chi connectivity index (χ4n) is 2.32. The normalized spacial score (nSPS) is 10.3. The van der Waals surface area contributed by atoms with Crippen LogP contribution in [0.15, 0.2) is 88.7 Å². The summed E-state index contributed by atoms with van der Waals surface area (Å²) in [6, 6.07) is 23.9.